The number of hydrogen-bond acceptors (Lipinski definition) is 1. The number of likely N-dealkylation sites (tertiary alicyclic amines) is 1. The molecule has 2 fully saturated rings. The van der Waals surface area contributed by atoms with Crippen molar-refractivity contribution in [3.63, 3.8) is 0 Å². The van der Waals surface area contributed by atoms with Crippen LogP contribution in [-0.2, 0) is 4.79 Å². The van der Waals surface area contributed by atoms with E-state index in [2.05, 4.69) is 6.92 Å². The lowest BCUT2D eigenvalue weighted by atomic mass is 10.2. The van der Waals surface area contributed by atoms with E-state index in [9.17, 15) is 4.79 Å². The van der Waals surface area contributed by atoms with Gasteiger partial charge < -0.3 is 4.90 Å². The molecular weight excluding hydrogens is 150 g/mol. The second kappa shape index (κ2) is 2.48. The van der Waals surface area contributed by atoms with E-state index in [1.165, 1.54) is 0 Å². The predicted molar refractivity (Wildman–Crippen MR) is 47.6 cm³/mol. The van der Waals surface area contributed by atoms with Gasteiger partial charge in [-0.3, -0.25) is 4.79 Å². The van der Waals surface area contributed by atoms with Gasteiger partial charge in [-0.25, -0.2) is 0 Å². The maximum atomic E-state index is 11.5. The van der Waals surface area contributed by atoms with E-state index < -0.39 is 0 Å². The van der Waals surface area contributed by atoms with Gasteiger partial charge in [0.25, 0.3) is 0 Å². The number of carbonyl (C=O) groups is 1. The van der Waals surface area contributed by atoms with Crippen molar-refractivity contribution in [2.75, 3.05) is 13.1 Å². The molecule has 68 valence electrons. The first kappa shape index (κ1) is 8.09. The fourth-order valence-electron chi connectivity index (χ4n) is 2.37. The van der Waals surface area contributed by atoms with Crippen LogP contribution in [0.1, 0.15) is 20.8 Å². The van der Waals surface area contributed by atoms with Crippen LogP contribution in [-0.4, -0.2) is 23.9 Å². The molecule has 1 aliphatic heterocycles. The van der Waals surface area contributed by atoms with Gasteiger partial charge in [0.15, 0.2) is 0 Å². The molecule has 1 saturated carbocycles. The van der Waals surface area contributed by atoms with Gasteiger partial charge in [-0.15, -0.1) is 0 Å². The zero-order valence-electron chi connectivity index (χ0n) is 8.08. The molecule has 0 aromatic rings. The van der Waals surface area contributed by atoms with Crippen molar-refractivity contribution in [2.45, 2.75) is 20.8 Å². The molecule has 0 aromatic heterocycles. The number of carbonyl (C=O) groups excluding carboxylic acids is 1. The standard InChI is InChI=1S/C10H17NO/c1-6(2)10(12)11-4-8-7(3)9(8)5-11/h6-9H,4-5H2,1-3H3/t7?,8-,9+. The molecule has 2 aliphatic rings. The van der Waals surface area contributed by atoms with Gasteiger partial charge in [0.1, 0.15) is 0 Å². The summed E-state index contributed by atoms with van der Waals surface area (Å²) in [5.74, 6) is 3.09. The second-order valence-corrected chi connectivity index (χ2v) is 4.58. The summed E-state index contributed by atoms with van der Waals surface area (Å²) in [6, 6.07) is 0. The van der Waals surface area contributed by atoms with Crippen LogP contribution in [0, 0.1) is 23.7 Å². The summed E-state index contributed by atoms with van der Waals surface area (Å²) in [6.07, 6.45) is 0. The summed E-state index contributed by atoms with van der Waals surface area (Å²) in [6.45, 7) is 8.32. The Labute approximate surface area is 73.9 Å². The second-order valence-electron chi connectivity index (χ2n) is 4.58. The number of piperidine rings is 1. The van der Waals surface area contributed by atoms with Gasteiger partial charge in [0, 0.05) is 19.0 Å². The topological polar surface area (TPSA) is 20.3 Å². The highest BCUT2D eigenvalue weighted by molar-refractivity contribution is 5.78. The fraction of sp³-hybridized carbons (Fsp3) is 0.900. The number of amides is 1. The van der Waals surface area contributed by atoms with E-state index in [4.69, 9.17) is 0 Å². The smallest absolute Gasteiger partial charge is 0.225 e. The minimum Gasteiger partial charge on any atom is -0.342 e. The minimum absolute atomic E-state index is 0.179. The molecule has 1 aliphatic carbocycles. The molecule has 0 N–H and O–H groups in total. The summed E-state index contributed by atoms with van der Waals surface area (Å²) in [5.41, 5.74) is 0. The molecule has 0 spiro atoms. The Morgan fingerprint density at radius 3 is 2.25 bits per heavy atom. The first-order valence-corrected chi connectivity index (χ1v) is 4.90. The van der Waals surface area contributed by atoms with Crippen molar-refractivity contribution >= 4 is 5.91 Å². The lowest BCUT2D eigenvalue weighted by Crippen LogP contribution is -2.34. The molecule has 1 amide bonds. The van der Waals surface area contributed by atoms with Gasteiger partial charge in [-0.05, 0) is 17.8 Å². The first-order chi connectivity index (χ1) is 5.61. The van der Waals surface area contributed by atoms with Gasteiger partial charge >= 0.3 is 0 Å². The van der Waals surface area contributed by atoms with Crippen LogP contribution >= 0.6 is 0 Å². The Kier molecular flexibility index (Phi) is 1.67. The van der Waals surface area contributed by atoms with Gasteiger partial charge in [-0.2, -0.15) is 0 Å². The van der Waals surface area contributed by atoms with Crippen molar-refractivity contribution in [1.82, 2.24) is 4.90 Å². The highest BCUT2D eigenvalue weighted by atomic mass is 16.2. The van der Waals surface area contributed by atoms with E-state index in [1.807, 2.05) is 18.7 Å². The third-order valence-corrected chi connectivity index (χ3v) is 3.43. The third kappa shape index (κ3) is 1.05. The zero-order valence-corrected chi connectivity index (χ0v) is 8.08. The predicted octanol–water partition coefficient (Wildman–Crippen LogP) is 1.37. The SMILES string of the molecule is CC(C)C(=O)N1C[C@@H]2C(C)[C@@H]2C1. The lowest BCUT2D eigenvalue weighted by molar-refractivity contribution is -0.134. The van der Waals surface area contributed by atoms with Crippen molar-refractivity contribution in [3.8, 4) is 0 Å². The molecule has 0 bridgehead atoms. The average molecular weight is 167 g/mol. The Morgan fingerprint density at radius 1 is 1.33 bits per heavy atom. The van der Waals surface area contributed by atoms with Crippen LogP contribution in [0.3, 0.4) is 0 Å². The van der Waals surface area contributed by atoms with E-state index in [0.29, 0.717) is 5.91 Å². The van der Waals surface area contributed by atoms with Crippen molar-refractivity contribution in [1.29, 1.82) is 0 Å². The van der Waals surface area contributed by atoms with Crippen LogP contribution in [0.2, 0.25) is 0 Å². The van der Waals surface area contributed by atoms with E-state index in [1.54, 1.807) is 0 Å². The van der Waals surface area contributed by atoms with Gasteiger partial charge in [-0.1, -0.05) is 20.8 Å². The van der Waals surface area contributed by atoms with Gasteiger partial charge in [0.05, 0.1) is 0 Å². The molecule has 1 saturated heterocycles. The normalized spacial score (nSPS) is 38.7. The van der Waals surface area contributed by atoms with E-state index in [-0.39, 0.29) is 5.92 Å². The average Bonchev–Trinajstić information content (AvgIpc) is 2.53. The summed E-state index contributed by atoms with van der Waals surface area (Å²) in [5, 5.41) is 0. The van der Waals surface area contributed by atoms with Crippen LogP contribution in [0.4, 0.5) is 0 Å². The van der Waals surface area contributed by atoms with Crippen LogP contribution in [0.5, 0.6) is 0 Å². The van der Waals surface area contributed by atoms with Crippen molar-refractivity contribution < 1.29 is 4.79 Å². The number of fused-ring (bicyclic) bond motifs is 1. The molecule has 12 heavy (non-hydrogen) atoms. The molecule has 0 aromatic carbocycles. The molecular formula is C10H17NO. The molecule has 2 nitrogen and oxygen atoms in total. The molecule has 2 heteroatoms. The number of rotatable bonds is 1. The maximum absolute atomic E-state index is 11.5. The maximum Gasteiger partial charge on any atom is 0.225 e. The number of hydrogen-bond donors (Lipinski definition) is 0. The molecule has 0 radical (unpaired) electrons. The fourth-order valence-corrected chi connectivity index (χ4v) is 2.37. The Bertz CT molecular complexity index is 200. The summed E-state index contributed by atoms with van der Waals surface area (Å²) < 4.78 is 0. The van der Waals surface area contributed by atoms with Crippen LogP contribution in [0.25, 0.3) is 0 Å². The quantitative estimate of drug-likeness (QED) is 0.577. The summed E-state index contributed by atoms with van der Waals surface area (Å²) in [4.78, 5) is 13.6. The molecule has 2 rings (SSSR count). The van der Waals surface area contributed by atoms with Crippen LogP contribution < -0.4 is 0 Å². The highest BCUT2D eigenvalue weighted by Gasteiger charge is 2.53. The monoisotopic (exact) mass is 167 g/mol. The van der Waals surface area contributed by atoms with Crippen LogP contribution in [0.15, 0.2) is 0 Å². The molecule has 1 unspecified atom stereocenters. The summed E-state index contributed by atoms with van der Waals surface area (Å²) >= 11 is 0. The summed E-state index contributed by atoms with van der Waals surface area (Å²) in [7, 11) is 0. The number of nitrogens with zero attached hydrogens (tertiary/aromatic N) is 1. The Balaban J connectivity index is 1.90. The molecule has 1 heterocycles. The van der Waals surface area contributed by atoms with E-state index in [0.717, 1.165) is 30.8 Å². The third-order valence-electron chi connectivity index (χ3n) is 3.43. The largest absolute Gasteiger partial charge is 0.342 e. The molecule has 3 atom stereocenters. The highest BCUT2D eigenvalue weighted by Crippen LogP contribution is 2.51. The van der Waals surface area contributed by atoms with E-state index >= 15 is 0 Å². The van der Waals surface area contributed by atoms with Crippen molar-refractivity contribution in [2.24, 2.45) is 23.7 Å². The first-order valence-electron chi connectivity index (χ1n) is 4.90. The Morgan fingerprint density at radius 2 is 1.83 bits per heavy atom. The minimum atomic E-state index is 0.179. The Hall–Kier alpha value is -0.530. The zero-order chi connectivity index (χ0) is 8.88. The van der Waals surface area contributed by atoms with Gasteiger partial charge in [0.2, 0.25) is 5.91 Å². The lowest BCUT2D eigenvalue weighted by Gasteiger charge is -2.20. The van der Waals surface area contributed by atoms with Crippen molar-refractivity contribution in [3.05, 3.63) is 0 Å².